The average molecular weight is 513 g/mol. The van der Waals surface area contributed by atoms with Crippen molar-refractivity contribution < 1.29 is 23.5 Å². The molecule has 0 bridgehead atoms. The van der Waals surface area contributed by atoms with Crippen LogP contribution in [0.25, 0.3) is 11.0 Å². The van der Waals surface area contributed by atoms with Crippen molar-refractivity contribution in [3.8, 4) is 0 Å². The Kier molecular flexibility index (Phi) is 7.91. The van der Waals surface area contributed by atoms with Gasteiger partial charge in [0.05, 0.1) is 17.7 Å². The predicted octanol–water partition coefficient (Wildman–Crippen LogP) is 5.02. The van der Waals surface area contributed by atoms with Crippen LogP contribution in [0.2, 0.25) is 5.02 Å². The van der Waals surface area contributed by atoms with Gasteiger partial charge in [-0.2, -0.15) is 0 Å². The summed E-state index contributed by atoms with van der Waals surface area (Å²) >= 11 is 5.88. The second kappa shape index (κ2) is 11.1. The first kappa shape index (κ1) is 25.7. The second-order valence-corrected chi connectivity index (χ2v) is 9.62. The molecule has 0 atom stereocenters. The zero-order chi connectivity index (χ0) is 25.8. The van der Waals surface area contributed by atoms with E-state index in [-0.39, 0.29) is 34.7 Å². The number of rotatable bonds is 7. The Morgan fingerprint density at radius 3 is 2.47 bits per heavy atom. The minimum Gasteiger partial charge on any atom is -0.465 e. The van der Waals surface area contributed by atoms with E-state index in [0.717, 1.165) is 25.7 Å². The molecule has 1 aliphatic carbocycles. The zero-order valence-electron chi connectivity index (χ0n) is 20.4. The highest BCUT2D eigenvalue weighted by molar-refractivity contribution is 6.30. The molecule has 190 valence electrons. The number of esters is 1. The molecule has 1 aromatic carbocycles. The van der Waals surface area contributed by atoms with Gasteiger partial charge in [-0.3, -0.25) is 9.59 Å². The summed E-state index contributed by atoms with van der Waals surface area (Å²) in [6, 6.07) is 8.57. The molecule has 36 heavy (non-hydrogen) atoms. The van der Waals surface area contributed by atoms with Crippen molar-refractivity contribution in [3.63, 3.8) is 0 Å². The fraction of sp³-hybridized carbons (Fsp3) is 0.385. The number of aromatic nitrogens is 1. The molecule has 0 spiro atoms. The van der Waals surface area contributed by atoms with E-state index in [1.807, 2.05) is 0 Å². The Hall–Kier alpha value is -3.43. The van der Waals surface area contributed by atoms with Crippen LogP contribution in [0.15, 0.2) is 40.9 Å². The third-order valence-corrected chi connectivity index (χ3v) is 6.42. The van der Waals surface area contributed by atoms with Gasteiger partial charge in [0, 0.05) is 29.6 Å². The number of hydrogen-bond donors (Lipinski definition) is 3. The van der Waals surface area contributed by atoms with Crippen LogP contribution in [0.4, 0.5) is 11.5 Å². The Morgan fingerprint density at radius 1 is 1.08 bits per heavy atom. The van der Waals surface area contributed by atoms with Gasteiger partial charge in [-0.15, -0.1) is 0 Å². The smallest absolute Gasteiger partial charge is 0.337 e. The molecule has 1 saturated carbocycles. The fourth-order valence-corrected chi connectivity index (χ4v) is 4.58. The van der Waals surface area contributed by atoms with Crippen molar-refractivity contribution in [2.45, 2.75) is 51.6 Å². The van der Waals surface area contributed by atoms with Crippen LogP contribution in [-0.4, -0.2) is 42.0 Å². The summed E-state index contributed by atoms with van der Waals surface area (Å²) in [6.45, 7) is 4.22. The standard InChI is InChI=1S/C26H29ClN4O5/c1-14(2)29-18-8-4-15(5-9-18)24(32)31-22-19-12-16(26(34)35-3)6-10-20(19)36-23(22)25(33)30-21-11-7-17(27)13-28-21/h6-7,10-15,18,29H,4-5,8-9H2,1-3H3,(H,31,32)(H,28,30,33). The Labute approximate surface area is 213 Å². The minimum atomic E-state index is -0.596. The summed E-state index contributed by atoms with van der Waals surface area (Å²) in [4.78, 5) is 42.6. The summed E-state index contributed by atoms with van der Waals surface area (Å²) < 4.78 is 10.7. The van der Waals surface area contributed by atoms with Gasteiger partial charge in [0.25, 0.3) is 5.91 Å². The Morgan fingerprint density at radius 2 is 1.83 bits per heavy atom. The van der Waals surface area contributed by atoms with Crippen molar-refractivity contribution in [2.24, 2.45) is 5.92 Å². The Balaban J connectivity index is 1.62. The molecule has 2 heterocycles. The summed E-state index contributed by atoms with van der Waals surface area (Å²) in [7, 11) is 1.28. The van der Waals surface area contributed by atoms with Gasteiger partial charge in [0.15, 0.2) is 0 Å². The molecule has 3 N–H and O–H groups in total. The quantitative estimate of drug-likeness (QED) is 0.380. The minimum absolute atomic E-state index is 0.0905. The third-order valence-electron chi connectivity index (χ3n) is 6.20. The highest BCUT2D eigenvalue weighted by Gasteiger charge is 2.30. The van der Waals surface area contributed by atoms with E-state index in [1.54, 1.807) is 24.3 Å². The first-order valence-electron chi connectivity index (χ1n) is 11.9. The van der Waals surface area contributed by atoms with Crippen LogP contribution >= 0.6 is 11.6 Å². The second-order valence-electron chi connectivity index (χ2n) is 9.18. The lowest BCUT2D eigenvalue weighted by Crippen LogP contribution is -2.39. The lowest BCUT2D eigenvalue weighted by molar-refractivity contribution is -0.120. The van der Waals surface area contributed by atoms with Crippen molar-refractivity contribution in [1.29, 1.82) is 0 Å². The molecular weight excluding hydrogens is 484 g/mol. The van der Waals surface area contributed by atoms with E-state index in [1.165, 1.54) is 19.4 Å². The molecule has 1 fully saturated rings. The van der Waals surface area contributed by atoms with Gasteiger partial charge >= 0.3 is 5.97 Å². The monoisotopic (exact) mass is 512 g/mol. The molecule has 0 saturated heterocycles. The zero-order valence-corrected chi connectivity index (χ0v) is 21.1. The molecule has 1 aliphatic rings. The van der Waals surface area contributed by atoms with Crippen LogP contribution in [0.5, 0.6) is 0 Å². The van der Waals surface area contributed by atoms with E-state index >= 15 is 0 Å². The summed E-state index contributed by atoms with van der Waals surface area (Å²) in [5.74, 6) is -1.34. The number of halogens is 1. The molecule has 10 heteroatoms. The molecule has 0 unspecified atom stereocenters. The Bertz CT molecular complexity index is 1260. The predicted molar refractivity (Wildman–Crippen MR) is 137 cm³/mol. The molecule has 2 aromatic heterocycles. The van der Waals surface area contributed by atoms with Gasteiger partial charge in [-0.1, -0.05) is 25.4 Å². The number of amides is 2. The maximum absolute atomic E-state index is 13.3. The van der Waals surface area contributed by atoms with Gasteiger partial charge in [0.1, 0.15) is 17.1 Å². The molecule has 0 radical (unpaired) electrons. The first-order chi connectivity index (χ1) is 17.2. The maximum atomic E-state index is 13.3. The average Bonchev–Trinajstić information content (AvgIpc) is 3.22. The number of carbonyl (C=O) groups excluding carboxylic acids is 3. The molecule has 9 nitrogen and oxygen atoms in total. The number of nitrogens with one attached hydrogen (secondary N) is 3. The number of fused-ring (bicyclic) bond motifs is 1. The van der Waals surface area contributed by atoms with E-state index in [2.05, 4.69) is 34.8 Å². The number of ether oxygens (including phenoxy) is 1. The number of methoxy groups -OCH3 is 1. The highest BCUT2D eigenvalue weighted by Crippen LogP contribution is 2.34. The number of pyridine rings is 1. The number of anilines is 2. The lowest BCUT2D eigenvalue weighted by atomic mass is 9.85. The lowest BCUT2D eigenvalue weighted by Gasteiger charge is -2.29. The van der Waals surface area contributed by atoms with Crippen molar-refractivity contribution in [2.75, 3.05) is 17.7 Å². The van der Waals surface area contributed by atoms with Crippen LogP contribution in [0, 0.1) is 5.92 Å². The third kappa shape index (κ3) is 5.85. The van der Waals surface area contributed by atoms with E-state index < -0.39 is 11.9 Å². The van der Waals surface area contributed by atoms with E-state index in [0.29, 0.717) is 28.1 Å². The number of hydrogen-bond acceptors (Lipinski definition) is 7. The van der Waals surface area contributed by atoms with Gasteiger partial charge in [0.2, 0.25) is 11.7 Å². The largest absolute Gasteiger partial charge is 0.465 e. The van der Waals surface area contributed by atoms with Crippen LogP contribution in [0.1, 0.15) is 60.4 Å². The van der Waals surface area contributed by atoms with Crippen molar-refractivity contribution in [1.82, 2.24) is 10.3 Å². The number of furan rings is 1. The van der Waals surface area contributed by atoms with E-state index in [4.69, 9.17) is 20.8 Å². The number of carbonyl (C=O) groups is 3. The van der Waals surface area contributed by atoms with Gasteiger partial charge < -0.3 is 25.1 Å². The van der Waals surface area contributed by atoms with Crippen LogP contribution in [0.3, 0.4) is 0 Å². The van der Waals surface area contributed by atoms with Crippen molar-refractivity contribution >= 4 is 51.9 Å². The highest BCUT2D eigenvalue weighted by atomic mass is 35.5. The topological polar surface area (TPSA) is 123 Å². The van der Waals surface area contributed by atoms with E-state index in [9.17, 15) is 14.4 Å². The molecule has 0 aliphatic heterocycles. The van der Waals surface area contributed by atoms with Crippen LogP contribution in [-0.2, 0) is 9.53 Å². The normalized spacial score (nSPS) is 17.7. The molecule has 3 aromatic rings. The SMILES string of the molecule is COC(=O)c1ccc2oc(C(=O)Nc3ccc(Cl)cn3)c(NC(=O)C3CCC(NC(C)C)CC3)c2c1. The van der Waals surface area contributed by atoms with Gasteiger partial charge in [-0.05, 0) is 56.0 Å². The summed E-state index contributed by atoms with van der Waals surface area (Å²) in [5.41, 5.74) is 0.819. The van der Waals surface area contributed by atoms with Gasteiger partial charge in [-0.25, -0.2) is 9.78 Å². The number of nitrogens with zero attached hydrogens (tertiary/aromatic N) is 1. The molecule has 2 amide bonds. The first-order valence-corrected chi connectivity index (χ1v) is 12.3. The molecule has 4 rings (SSSR count). The molecular formula is C26H29ClN4O5. The maximum Gasteiger partial charge on any atom is 0.337 e. The fourth-order valence-electron chi connectivity index (χ4n) is 4.47. The van der Waals surface area contributed by atoms with Crippen molar-refractivity contribution in [3.05, 3.63) is 52.9 Å². The summed E-state index contributed by atoms with van der Waals surface area (Å²) in [6.07, 6.45) is 4.66. The van der Waals surface area contributed by atoms with Crippen LogP contribution < -0.4 is 16.0 Å². The summed E-state index contributed by atoms with van der Waals surface area (Å²) in [5, 5.41) is 9.95. The number of benzene rings is 1.